The van der Waals surface area contributed by atoms with Gasteiger partial charge in [-0.3, -0.25) is 0 Å². The van der Waals surface area contributed by atoms with Crippen molar-refractivity contribution >= 4 is 38.6 Å². The Morgan fingerprint density at radius 3 is 1.26 bits per heavy atom. The maximum Gasteiger partial charge on any atom is 0.0462 e. The molecule has 0 aliphatic carbocycles. The van der Waals surface area contributed by atoms with Gasteiger partial charge in [-0.25, -0.2) is 0 Å². The topological polar surface area (TPSA) is 3.24 Å². The summed E-state index contributed by atoms with van der Waals surface area (Å²) >= 11 is 0. The van der Waals surface area contributed by atoms with E-state index < -0.39 is 0 Å². The van der Waals surface area contributed by atoms with Crippen molar-refractivity contribution in [3.8, 4) is 55.6 Å². The second kappa shape index (κ2) is 15.0. The van der Waals surface area contributed by atoms with Crippen LogP contribution in [0.4, 0.5) is 17.1 Å². The van der Waals surface area contributed by atoms with Crippen molar-refractivity contribution in [2.24, 2.45) is 0 Å². The van der Waals surface area contributed by atoms with Crippen LogP contribution in [0.15, 0.2) is 237 Å². The third kappa shape index (κ3) is 6.66. The normalized spacial score (nSPS) is 11.2. The molecule has 0 heterocycles. The van der Waals surface area contributed by atoms with E-state index in [1.165, 1.54) is 77.2 Å². The molecule has 0 amide bonds. The van der Waals surface area contributed by atoms with E-state index >= 15 is 0 Å². The second-order valence-electron chi connectivity index (χ2n) is 14.5. The molecule has 57 heavy (non-hydrogen) atoms. The Morgan fingerprint density at radius 1 is 0.211 bits per heavy atom. The first kappa shape index (κ1) is 34.0. The van der Waals surface area contributed by atoms with Crippen LogP contribution in [-0.2, 0) is 0 Å². The van der Waals surface area contributed by atoms with Crippen molar-refractivity contribution in [2.75, 3.05) is 4.90 Å². The zero-order valence-electron chi connectivity index (χ0n) is 31.5. The Labute approximate surface area is 334 Å². The van der Waals surface area contributed by atoms with E-state index in [0.29, 0.717) is 0 Å². The molecule has 0 aliphatic heterocycles. The Hall–Kier alpha value is -7.48. The van der Waals surface area contributed by atoms with Crippen LogP contribution in [0.1, 0.15) is 0 Å². The average molecular weight is 726 g/mol. The van der Waals surface area contributed by atoms with E-state index in [2.05, 4.69) is 241 Å². The lowest BCUT2D eigenvalue weighted by molar-refractivity contribution is 1.28. The quantitative estimate of drug-likeness (QED) is 0.141. The van der Waals surface area contributed by atoms with E-state index in [9.17, 15) is 0 Å². The Kier molecular flexibility index (Phi) is 8.95. The van der Waals surface area contributed by atoms with E-state index in [1.807, 2.05) is 0 Å². The molecular formula is C56H39N. The molecule has 0 unspecified atom stereocenters. The van der Waals surface area contributed by atoms with Gasteiger partial charge in [0.25, 0.3) is 0 Å². The fraction of sp³-hybridized carbons (Fsp3) is 0. The minimum Gasteiger partial charge on any atom is -0.311 e. The van der Waals surface area contributed by atoms with Gasteiger partial charge in [0.15, 0.2) is 0 Å². The van der Waals surface area contributed by atoms with Crippen molar-refractivity contribution in [2.45, 2.75) is 0 Å². The van der Waals surface area contributed by atoms with Crippen LogP contribution in [0.3, 0.4) is 0 Å². The van der Waals surface area contributed by atoms with Crippen LogP contribution in [-0.4, -0.2) is 0 Å². The predicted octanol–water partition coefficient (Wildman–Crippen LogP) is 15.8. The molecule has 1 heteroatoms. The predicted molar refractivity (Wildman–Crippen MR) is 243 cm³/mol. The van der Waals surface area contributed by atoms with Crippen LogP contribution in [0.2, 0.25) is 0 Å². The maximum atomic E-state index is 2.33. The van der Waals surface area contributed by atoms with E-state index in [4.69, 9.17) is 0 Å². The molecule has 0 atom stereocenters. The number of para-hydroxylation sites is 1. The van der Waals surface area contributed by atoms with Gasteiger partial charge in [0.1, 0.15) is 0 Å². The van der Waals surface area contributed by atoms with Gasteiger partial charge in [-0.15, -0.1) is 0 Å². The van der Waals surface area contributed by atoms with Gasteiger partial charge in [0, 0.05) is 17.1 Å². The van der Waals surface area contributed by atoms with Gasteiger partial charge >= 0.3 is 0 Å². The van der Waals surface area contributed by atoms with E-state index in [0.717, 1.165) is 17.1 Å². The average Bonchev–Trinajstić information content (AvgIpc) is 3.30. The number of hydrogen-bond donors (Lipinski definition) is 0. The number of hydrogen-bond acceptors (Lipinski definition) is 1. The van der Waals surface area contributed by atoms with Crippen LogP contribution in [0, 0.1) is 0 Å². The molecule has 0 fully saturated rings. The Bertz CT molecular complexity index is 2950. The number of benzene rings is 10. The number of anilines is 3. The van der Waals surface area contributed by atoms with Gasteiger partial charge in [0.05, 0.1) is 0 Å². The van der Waals surface area contributed by atoms with E-state index in [-0.39, 0.29) is 0 Å². The van der Waals surface area contributed by atoms with Crippen molar-refractivity contribution in [1.29, 1.82) is 0 Å². The van der Waals surface area contributed by atoms with Crippen molar-refractivity contribution in [1.82, 2.24) is 0 Å². The molecule has 10 aromatic carbocycles. The summed E-state index contributed by atoms with van der Waals surface area (Å²) in [5.74, 6) is 0. The fourth-order valence-electron chi connectivity index (χ4n) is 8.22. The van der Waals surface area contributed by atoms with Gasteiger partial charge in [0.2, 0.25) is 0 Å². The first-order valence-corrected chi connectivity index (χ1v) is 19.6. The Morgan fingerprint density at radius 2 is 0.614 bits per heavy atom. The van der Waals surface area contributed by atoms with Crippen LogP contribution in [0.25, 0.3) is 77.2 Å². The molecule has 0 saturated heterocycles. The highest BCUT2D eigenvalue weighted by Gasteiger charge is 2.15. The lowest BCUT2D eigenvalue weighted by Crippen LogP contribution is -2.09. The fourth-order valence-corrected chi connectivity index (χ4v) is 8.22. The largest absolute Gasteiger partial charge is 0.311 e. The second-order valence-corrected chi connectivity index (χ2v) is 14.5. The first-order chi connectivity index (χ1) is 28.3. The van der Waals surface area contributed by atoms with Crippen molar-refractivity contribution in [3.63, 3.8) is 0 Å². The maximum absolute atomic E-state index is 2.33. The van der Waals surface area contributed by atoms with Crippen molar-refractivity contribution in [3.05, 3.63) is 237 Å². The summed E-state index contributed by atoms with van der Waals surface area (Å²) in [6.45, 7) is 0. The molecule has 0 N–H and O–H groups in total. The van der Waals surface area contributed by atoms with Crippen LogP contribution < -0.4 is 4.90 Å². The first-order valence-electron chi connectivity index (χ1n) is 19.6. The molecule has 0 saturated carbocycles. The molecule has 10 aromatic rings. The molecule has 0 aliphatic rings. The van der Waals surface area contributed by atoms with Crippen LogP contribution >= 0.6 is 0 Å². The van der Waals surface area contributed by atoms with Gasteiger partial charge < -0.3 is 4.90 Å². The Balaban J connectivity index is 0.972. The minimum absolute atomic E-state index is 1.11. The van der Waals surface area contributed by atoms with Crippen molar-refractivity contribution < 1.29 is 0 Å². The SMILES string of the molecule is c1ccc(-c2ccc(-c3ccccc3)c(-c3ccc(-c4ccc(N(c5ccccc5)c5ccc(-c6cc7ccccc7c7ccccc67)cc5)cc4)cc3)c2)cc1. The smallest absolute Gasteiger partial charge is 0.0462 e. The number of nitrogens with zero attached hydrogens (tertiary/aromatic N) is 1. The molecule has 0 aromatic heterocycles. The monoisotopic (exact) mass is 725 g/mol. The summed E-state index contributed by atoms with van der Waals surface area (Å²) in [5.41, 5.74) is 15.4. The summed E-state index contributed by atoms with van der Waals surface area (Å²) < 4.78 is 0. The summed E-state index contributed by atoms with van der Waals surface area (Å²) in [6.07, 6.45) is 0. The zero-order valence-corrected chi connectivity index (χ0v) is 31.5. The summed E-state index contributed by atoms with van der Waals surface area (Å²) in [6, 6.07) is 85.5. The molecule has 1 nitrogen and oxygen atoms in total. The highest BCUT2D eigenvalue weighted by atomic mass is 15.1. The lowest BCUT2D eigenvalue weighted by atomic mass is 9.90. The summed E-state index contributed by atoms with van der Waals surface area (Å²) in [4.78, 5) is 2.33. The van der Waals surface area contributed by atoms with Gasteiger partial charge in [-0.1, -0.05) is 188 Å². The van der Waals surface area contributed by atoms with Gasteiger partial charge in [-0.2, -0.15) is 0 Å². The minimum atomic E-state index is 1.11. The zero-order chi connectivity index (χ0) is 38.0. The summed E-state index contributed by atoms with van der Waals surface area (Å²) in [7, 11) is 0. The molecule has 10 rings (SSSR count). The molecular weight excluding hydrogens is 687 g/mol. The van der Waals surface area contributed by atoms with E-state index in [1.54, 1.807) is 0 Å². The molecule has 0 bridgehead atoms. The molecule has 0 radical (unpaired) electrons. The van der Waals surface area contributed by atoms with Crippen LogP contribution in [0.5, 0.6) is 0 Å². The summed E-state index contributed by atoms with van der Waals surface area (Å²) in [5, 5.41) is 5.09. The lowest BCUT2D eigenvalue weighted by Gasteiger charge is -2.26. The third-order valence-corrected chi connectivity index (χ3v) is 11.1. The highest BCUT2D eigenvalue weighted by Crippen LogP contribution is 2.40. The molecule has 268 valence electrons. The standard InChI is InChI=1S/C56H39N/c1-4-14-40(15-5-1)46-32-37-52(43-16-6-2-7-17-43)55(38-46)44-26-24-41(25-27-44)42-28-33-49(34-29-42)57(48-19-8-3-9-20-48)50-35-30-45(31-36-50)56-39-47-18-10-11-21-51(47)53-22-12-13-23-54(53)56/h1-39H. The molecule has 0 spiro atoms. The number of rotatable bonds is 8. The number of fused-ring (bicyclic) bond motifs is 3. The third-order valence-electron chi connectivity index (χ3n) is 11.1. The van der Waals surface area contributed by atoms with Gasteiger partial charge in [-0.05, 0) is 126 Å². The highest BCUT2D eigenvalue weighted by molar-refractivity contribution is 6.13.